The maximum Gasteiger partial charge on any atom is 0.261 e. The Morgan fingerprint density at radius 3 is 2.32 bits per heavy atom. The number of sulfonamides is 1. The largest absolute Gasteiger partial charge is 0.311 e. The van der Waals surface area contributed by atoms with Crippen LogP contribution < -0.4 is 9.62 Å². The molecule has 0 saturated heterocycles. The second kappa shape index (κ2) is 6.00. The van der Waals surface area contributed by atoms with Gasteiger partial charge in [0.2, 0.25) is 0 Å². The zero-order valence-corrected chi connectivity index (χ0v) is 14.8. The SMILES string of the molecule is CC(C)=C1C(=O)N(C)c2ccc(S(=O)(=O)Nc3ccc(F)cc3)cc21. The van der Waals surface area contributed by atoms with Crippen LogP contribution in [0.2, 0.25) is 0 Å². The molecule has 0 unspecified atom stereocenters. The minimum Gasteiger partial charge on any atom is -0.311 e. The predicted octanol–water partition coefficient (Wildman–Crippen LogP) is 3.40. The van der Waals surface area contributed by atoms with Crippen molar-refractivity contribution in [2.75, 3.05) is 16.7 Å². The molecule has 0 bridgehead atoms. The number of rotatable bonds is 3. The van der Waals surface area contributed by atoms with Crippen LogP contribution in [0.4, 0.5) is 15.8 Å². The zero-order valence-electron chi connectivity index (χ0n) is 14.0. The van der Waals surface area contributed by atoms with E-state index in [9.17, 15) is 17.6 Å². The van der Waals surface area contributed by atoms with Crippen molar-refractivity contribution in [2.45, 2.75) is 18.7 Å². The molecular weight excluding hydrogens is 343 g/mol. The van der Waals surface area contributed by atoms with Crippen molar-refractivity contribution in [3.8, 4) is 0 Å². The maximum atomic E-state index is 13.0. The molecular formula is C18H17FN2O3S. The van der Waals surface area contributed by atoms with Gasteiger partial charge in [-0.05, 0) is 56.3 Å². The van der Waals surface area contributed by atoms with Crippen molar-refractivity contribution < 1.29 is 17.6 Å². The maximum absolute atomic E-state index is 13.0. The molecule has 0 aliphatic carbocycles. The van der Waals surface area contributed by atoms with Crippen LogP contribution in [0.3, 0.4) is 0 Å². The van der Waals surface area contributed by atoms with Crippen molar-refractivity contribution in [1.29, 1.82) is 0 Å². The number of benzene rings is 2. The number of hydrogen-bond acceptors (Lipinski definition) is 3. The predicted molar refractivity (Wildman–Crippen MR) is 95.3 cm³/mol. The number of hydrogen-bond donors (Lipinski definition) is 1. The van der Waals surface area contributed by atoms with Gasteiger partial charge in [0, 0.05) is 23.9 Å². The number of anilines is 2. The first-order valence-electron chi connectivity index (χ1n) is 7.59. The van der Waals surface area contributed by atoms with Crippen LogP contribution in [0.25, 0.3) is 5.57 Å². The number of nitrogens with zero attached hydrogens (tertiary/aromatic N) is 1. The van der Waals surface area contributed by atoms with Crippen LogP contribution in [0.1, 0.15) is 19.4 Å². The highest BCUT2D eigenvalue weighted by molar-refractivity contribution is 7.92. The van der Waals surface area contributed by atoms with Gasteiger partial charge in [0.25, 0.3) is 15.9 Å². The van der Waals surface area contributed by atoms with E-state index in [0.717, 1.165) is 5.57 Å². The average Bonchev–Trinajstić information content (AvgIpc) is 2.80. The fraction of sp³-hybridized carbons (Fsp3) is 0.167. The Morgan fingerprint density at radius 2 is 1.72 bits per heavy atom. The van der Waals surface area contributed by atoms with Gasteiger partial charge in [-0.25, -0.2) is 12.8 Å². The normalized spacial score (nSPS) is 13.8. The Morgan fingerprint density at radius 1 is 1.08 bits per heavy atom. The smallest absolute Gasteiger partial charge is 0.261 e. The molecule has 1 amide bonds. The molecule has 0 atom stereocenters. The molecule has 1 heterocycles. The minimum absolute atomic E-state index is 0.0393. The van der Waals surface area contributed by atoms with E-state index in [2.05, 4.69) is 4.72 Å². The first-order valence-corrected chi connectivity index (χ1v) is 9.07. The summed E-state index contributed by atoms with van der Waals surface area (Å²) in [5.74, 6) is -0.605. The van der Waals surface area contributed by atoms with Crippen molar-refractivity contribution in [3.05, 3.63) is 59.4 Å². The van der Waals surface area contributed by atoms with Gasteiger partial charge in [0.05, 0.1) is 10.6 Å². The molecule has 1 N–H and O–H groups in total. The number of likely N-dealkylation sites (N-methyl/N-ethyl adjacent to an activating group) is 1. The molecule has 0 aromatic heterocycles. The average molecular weight is 360 g/mol. The number of carbonyl (C=O) groups is 1. The van der Waals surface area contributed by atoms with Crippen molar-refractivity contribution >= 4 is 32.9 Å². The Balaban J connectivity index is 2.04. The summed E-state index contributed by atoms with van der Waals surface area (Å²) in [5, 5.41) is 0. The van der Waals surface area contributed by atoms with E-state index in [1.165, 1.54) is 41.3 Å². The number of carbonyl (C=O) groups excluding carboxylic acids is 1. The van der Waals surface area contributed by atoms with Crippen molar-refractivity contribution in [3.63, 3.8) is 0 Å². The summed E-state index contributed by atoms with van der Waals surface area (Å²) < 4.78 is 40.6. The first kappa shape index (κ1) is 17.2. The number of allylic oxidation sites excluding steroid dienone is 1. The number of amides is 1. The van der Waals surface area contributed by atoms with Crippen LogP contribution in [-0.4, -0.2) is 21.4 Å². The number of nitrogens with one attached hydrogen (secondary N) is 1. The van der Waals surface area contributed by atoms with Gasteiger partial charge in [-0.1, -0.05) is 5.57 Å². The summed E-state index contributed by atoms with van der Waals surface area (Å²) >= 11 is 0. The lowest BCUT2D eigenvalue weighted by Gasteiger charge is -2.11. The Bertz CT molecular complexity index is 991. The van der Waals surface area contributed by atoms with E-state index < -0.39 is 15.8 Å². The molecule has 3 rings (SSSR count). The third-order valence-electron chi connectivity index (χ3n) is 4.02. The monoisotopic (exact) mass is 360 g/mol. The third kappa shape index (κ3) is 3.02. The zero-order chi connectivity index (χ0) is 18.4. The lowest BCUT2D eigenvalue weighted by Crippen LogP contribution is -2.20. The van der Waals surface area contributed by atoms with E-state index >= 15 is 0 Å². The van der Waals surface area contributed by atoms with Gasteiger partial charge in [0.1, 0.15) is 5.82 Å². The summed E-state index contributed by atoms with van der Waals surface area (Å²) in [5.41, 5.74) is 2.85. The summed E-state index contributed by atoms with van der Waals surface area (Å²) in [4.78, 5) is 13.9. The Hall–Kier alpha value is -2.67. The fourth-order valence-corrected chi connectivity index (χ4v) is 3.87. The van der Waals surface area contributed by atoms with Gasteiger partial charge >= 0.3 is 0 Å². The fourth-order valence-electron chi connectivity index (χ4n) is 2.78. The summed E-state index contributed by atoms with van der Waals surface area (Å²) in [6, 6.07) is 9.60. The van der Waals surface area contributed by atoms with Crippen LogP contribution in [-0.2, 0) is 14.8 Å². The molecule has 25 heavy (non-hydrogen) atoms. The van der Waals surface area contributed by atoms with Crippen LogP contribution in [0.5, 0.6) is 0 Å². The van der Waals surface area contributed by atoms with E-state index in [1.54, 1.807) is 13.1 Å². The molecule has 1 aliphatic heterocycles. The van der Waals surface area contributed by atoms with Gasteiger partial charge in [-0.3, -0.25) is 9.52 Å². The van der Waals surface area contributed by atoms with Gasteiger partial charge < -0.3 is 4.90 Å². The second-order valence-corrected chi connectivity index (χ2v) is 7.71. The van der Waals surface area contributed by atoms with Crippen LogP contribution in [0, 0.1) is 5.82 Å². The van der Waals surface area contributed by atoms with Gasteiger partial charge in [-0.2, -0.15) is 0 Å². The molecule has 0 radical (unpaired) electrons. The molecule has 0 saturated carbocycles. The summed E-state index contributed by atoms with van der Waals surface area (Å²) in [6.07, 6.45) is 0. The molecule has 0 spiro atoms. The van der Waals surface area contributed by atoms with Gasteiger partial charge in [-0.15, -0.1) is 0 Å². The number of fused-ring (bicyclic) bond motifs is 1. The van der Waals surface area contributed by atoms with E-state index in [1.807, 2.05) is 13.8 Å². The Kier molecular flexibility index (Phi) is 4.12. The van der Waals surface area contributed by atoms with Crippen molar-refractivity contribution in [1.82, 2.24) is 0 Å². The molecule has 2 aromatic carbocycles. The molecule has 7 heteroatoms. The second-order valence-electron chi connectivity index (χ2n) is 6.03. The van der Waals surface area contributed by atoms with E-state index in [-0.39, 0.29) is 16.5 Å². The minimum atomic E-state index is -3.86. The van der Waals surface area contributed by atoms with Gasteiger partial charge in [0.15, 0.2) is 0 Å². The highest BCUT2D eigenvalue weighted by atomic mass is 32.2. The Labute approximate surface area is 145 Å². The summed E-state index contributed by atoms with van der Waals surface area (Å²) in [6.45, 7) is 3.63. The van der Waals surface area contributed by atoms with E-state index in [4.69, 9.17) is 0 Å². The van der Waals surface area contributed by atoms with Crippen LogP contribution >= 0.6 is 0 Å². The van der Waals surface area contributed by atoms with Crippen molar-refractivity contribution in [2.24, 2.45) is 0 Å². The molecule has 1 aliphatic rings. The summed E-state index contributed by atoms with van der Waals surface area (Å²) in [7, 11) is -2.20. The highest BCUT2D eigenvalue weighted by Crippen LogP contribution is 2.38. The standard InChI is InChI=1S/C18H17FN2O3S/c1-11(2)17-15-10-14(8-9-16(15)21(3)18(17)22)25(23,24)20-13-6-4-12(19)5-7-13/h4-10,20H,1-3H3. The topological polar surface area (TPSA) is 66.5 Å². The lowest BCUT2D eigenvalue weighted by molar-refractivity contribution is -0.112. The quantitative estimate of drug-likeness (QED) is 0.853. The number of halogens is 1. The van der Waals surface area contributed by atoms with Crippen LogP contribution in [0.15, 0.2) is 52.9 Å². The molecule has 130 valence electrons. The molecule has 2 aromatic rings. The molecule has 5 nitrogen and oxygen atoms in total. The lowest BCUT2D eigenvalue weighted by atomic mass is 10.0. The first-order chi connectivity index (χ1) is 11.7. The highest BCUT2D eigenvalue weighted by Gasteiger charge is 2.31. The molecule has 0 fully saturated rings. The van der Waals surface area contributed by atoms with E-state index in [0.29, 0.717) is 16.8 Å². The third-order valence-corrected chi connectivity index (χ3v) is 5.40.